The molecule has 128 valence electrons. The lowest BCUT2D eigenvalue weighted by molar-refractivity contribution is -0.384. The van der Waals surface area contributed by atoms with Gasteiger partial charge in [0.2, 0.25) is 0 Å². The third-order valence-corrected chi connectivity index (χ3v) is 4.06. The Morgan fingerprint density at radius 1 is 1.28 bits per heavy atom. The summed E-state index contributed by atoms with van der Waals surface area (Å²) in [7, 11) is 0. The molecule has 0 bridgehead atoms. The topological polar surface area (TPSA) is 101 Å². The summed E-state index contributed by atoms with van der Waals surface area (Å²) < 4.78 is 0. The van der Waals surface area contributed by atoms with E-state index < -0.39 is 4.92 Å². The van der Waals surface area contributed by atoms with Crippen molar-refractivity contribution in [2.45, 2.75) is 25.8 Å². The van der Waals surface area contributed by atoms with Gasteiger partial charge in [-0.3, -0.25) is 20.0 Å². The quantitative estimate of drug-likeness (QED) is 0.532. The van der Waals surface area contributed by atoms with Crippen molar-refractivity contribution in [1.82, 2.24) is 15.5 Å². The number of aryl methyl sites for hydroxylation is 1. The molecule has 7 nitrogen and oxygen atoms in total. The molecule has 1 heterocycles. The smallest absolute Gasteiger partial charge is 0.272 e. The number of rotatable bonds is 6. The Balaban J connectivity index is 1.69. The minimum atomic E-state index is -0.489. The number of nitrogens with one attached hydrogen (secondary N) is 2. The molecule has 0 aliphatic carbocycles. The zero-order chi connectivity index (χ0) is 17.8. The van der Waals surface area contributed by atoms with E-state index in [1.165, 1.54) is 17.7 Å². The predicted octanol–water partition coefficient (Wildman–Crippen LogP) is 3.22. The van der Waals surface area contributed by atoms with Gasteiger partial charge in [0, 0.05) is 23.6 Å². The van der Waals surface area contributed by atoms with E-state index >= 15 is 0 Å². The molecule has 3 aromatic rings. The molecular weight excluding hydrogens is 320 g/mol. The van der Waals surface area contributed by atoms with Gasteiger partial charge in [0.15, 0.2) is 5.69 Å². The molecule has 2 N–H and O–H groups in total. The van der Waals surface area contributed by atoms with Crippen LogP contribution in [0.5, 0.6) is 0 Å². The summed E-state index contributed by atoms with van der Waals surface area (Å²) in [6, 6.07) is 14.3. The molecular formula is C18H18N4O3. The van der Waals surface area contributed by atoms with Crippen molar-refractivity contribution in [3.8, 4) is 0 Å². The monoisotopic (exact) mass is 338 g/mol. The van der Waals surface area contributed by atoms with Gasteiger partial charge in [0.25, 0.3) is 11.6 Å². The van der Waals surface area contributed by atoms with E-state index in [0.29, 0.717) is 10.9 Å². The highest BCUT2D eigenvalue weighted by Crippen LogP contribution is 2.22. The summed E-state index contributed by atoms with van der Waals surface area (Å²) in [5, 5.41) is 21.0. The van der Waals surface area contributed by atoms with Crippen LogP contribution in [0.2, 0.25) is 0 Å². The summed E-state index contributed by atoms with van der Waals surface area (Å²) in [6.45, 7) is 1.93. The van der Waals surface area contributed by atoms with Crippen LogP contribution in [0.15, 0.2) is 48.5 Å². The number of aromatic amines is 1. The molecule has 0 radical (unpaired) electrons. The van der Waals surface area contributed by atoms with Crippen molar-refractivity contribution in [2.24, 2.45) is 0 Å². The van der Waals surface area contributed by atoms with Gasteiger partial charge in [-0.25, -0.2) is 0 Å². The van der Waals surface area contributed by atoms with Gasteiger partial charge < -0.3 is 5.32 Å². The highest BCUT2D eigenvalue weighted by Gasteiger charge is 2.18. The van der Waals surface area contributed by atoms with Gasteiger partial charge >= 0.3 is 0 Å². The van der Waals surface area contributed by atoms with E-state index in [1.54, 1.807) is 6.07 Å². The Bertz CT molecular complexity index is 905. The van der Waals surface area contributed by atoms with Crippen LogP contribution in [0, 0.1) is 10.1 Å². The fraction of sp³-hybridized carbons (Fsp3) is 0.222. The first-order valence-electron chi connectivity index (χ1n) is 8.02. The Morgan fingerprint density at radius 3 is 2.76 bits per heavy atom. The Morgan fingerprint density at radius 2 is 2.04 bits per heavy atom. The molecule has 0 spiro atoms. The number of carbonyl (C=O) groups is 1. The summed E-state index contributed by atoms with van der Waals surface area (Å²) in [4.78, 5) is 22.9. The van der Waals surface area contributed by atoms with Gasteiger partial charge in [0.05, 0.1) is 10.4 Å². The lowest BCUT2D eigenvalue weighted by Gasteiger charge is -2.13. The van der Waals surface area contributed by atoms with Crippen LogP contribution in [0.1, 0.15) is 29.4 Å². The highest BCUT2D eigenvalue weighted by molar-refractivity contribution is 6.05. The zero-order valence-corrected chi connectivity index (χ0v) is 13.7. The Labute approximate surface area is 144 Å². The Hall–Kier alpha value is -3.22. The number of H-pyrrole nitrogens is 1. The largest absolute Gasteiger partial charge is 0.348 e. The standard InChI is InChI=1S/C18H18N4O3/c1-12(7-8-13-5-3-2-4-6-13)19-18(23)17-15-11-14(22(24)25)9-10-16(15)20-21-17/h2-6,9-12H,7-8H2,1H3,(H,19,23)(H,20,21). The second kappa shape index (κ2) is 7.12. The SMILES string of the molecule is CC(CCc1ccccc1)NC(=O)c1n[nH]c2ccc([N+](=O)[O-])cc12. The summed E-state index contributed by atoms with van der Waals surface area (Å²) in [5.41, 5.74) is 1.91. The first kappa shape index (κ1) is 16.6. The van der Waals surface area contributed by atoms with Gasteiger partial charge in [-0.15, -0.1) is 0 Å². The third kappa shape index (κ3) is 3.82. The lowest BCUT2D eigenvalue weighted by atomic mass is 10.1. The van der Waals surface area contributed by atoms with Crippen LogP contribution in [0.25, 0.3) is 10.9 Å². The normalized spacial score (nSPS) is 12.0. The zero-order valence-electron chi connectivity index (χ0n) is 13.7. The number of hydrogen-bond donors (Lipinski definition) is 2. The number of nitrogens with zero attached hydrogens (tertiary/aromatic N) is 2. The molecule has 0 aliphatic heterocycles. The van der Waals surface area contributed by atoms with E-state index in [2.05, 4.69) is 27.6 Å². The number of aromatic nitrogens is 2. The summed E-state index contributed by atoms with van der Waals surface area (Å²) >= 11 is 0. The number of nitro benzene ring substituents is 1. The second-order valence-electron chi connectivity index (χ2n) is 5.96. The van der Waals surface area contributed by atoms with Crippen LogP contribution in [-0.2, 0) is 6.42 Å². The average Bonchev–Trinajstić information content (AvgIpc) is 3.04. The average molecular weight is 338 g/mol. The van der Waals surface area contributed by atoms with Gasteiger partial charge in [-0.1, -0.05) is 30.3 Å². The summed E-state index contributed by atoms with van der Waals surface area (Å²) in [6.07, 6.45) is 1.65. The maximum absolute atomic E-state index is 12.5. The molecule has 3 rings (SSSR count). The van der Waals surface area contributed by atoms with Crippen LogP contribution >= 0.6 is 0 Å². The fourth-order valence-electron chi connectivity index (χ4n) is 2.68. The molecule has 1 amide bonds. The number of amides is 1. The second-order valence-corrected chi connectivity index (χ2v) is 5.96. The molecule has 1 atom stereocenters. The number of hydrogen-bond acceptors (Lipinski definition) is 4. The number of fused-ring (bicyclic) bond motifs is 1. The number of non-ortho nitro benzene ring substituents is 1. The minimum absolute atomic E-state index is 0.0434. The number of carbonyl (C=O) groups excluding carboxylic acids is 1. The fourth-order valence-corrected chi connectivity index (χ4v) is 2.68. The van der Waals surface area contributed by atoms with E-state index in [1.807, 2.05) is 25.1 Å². The first-order chi connectivity index (χ1) is 12.0. The number of nitro groups is 1. The van der Waals surface area contributed by atoms with Gasteiger partial charge in [-0.2, -0.15) is 5.10 Å². The highest BCUT2D eigenvalue weighted by atomic mass is 16.6. The molecule has 1 unspecified atom stereocenters. The maximum atomic E-state index is 12.5. The lowest BCUT2D eigenvalue weighted by Crippen LogP contribution is -2.33. The van der Waals surface area contributed by atoms with Gasteiger partial charge in [-0.05, 0) is 31.4 Å². The van der Waals surface area contributed by atoms with Crippen LogP contribution in [0.4, 0.5) is 5.69 Å². The van der Waals surface area contributed by atoms with Crippen molar-refractivity contribution >= 4 is 22.5 Å². The minimum Gasteiger partial charge on any atom is -0.348 e. The predicted molar refractivity (Wildman–Crippen MR) is 94.4 cm³/mol. The van der Waals surface area contributed by atoms with Crippen LogP contribution < -0.4 is 5.32 Å². The van der Waals surface area contributed by atoms with Crippen molar-refractivity contribution in [3.63, 3.8) is 0 Å². The Kier molecular flexibility index (Phi) is 4.74. The molecule has 1 aromatic heterocycles. The molecule has 0 saturated carbocycles. The number of benzene rings is 2. The molecule has 0 fully saturated rings. The molecule has 7 heteroatoms. The van der Waals surface area contributed by atoms with Crippen molar-refractivity contribution < 1.29 is 9.72 Å². The van der Waals surface area contributed by atoms with Crippen LogP contribution in [-0.4, -0.2) is 27.1 Å². The molecule has 25 heavy (non-hydrogen) atoms. The first-order valence-corrected chi connectivity index (χ1v) is 8.02. The molecule has 0 aliphatic rings. The molecule has 2 aromatic carbocycles. The third-order valence-electron chi connectivity index (χ3n) is 4.06. The van der Waals surface area contributed by atoms with E-state index in [-0.39, 0.29) is 23.3 Å². The van der Waals surface area contributed by atoms with Gasteiger partial charge in [0.1, 0.15) is 0 Å². The van der Waals surface area contributed by atoms with Crippen molar-refractivity contribution in [3.05, 3.63) is 69.9 Å². The maximum Gasteiger partial charge on any atom is 0.272 e. The van der Waals surface area contributed by atoms with E-state index in [4.69, 9.17) is 0 Å². The van der Waals surface area contributed by atoms with E-state index in [9.17, 15) is 14.9 Å². The molecule has 0 saturated heterocycles. The summed E-state index contributed by atoms with van der Waals surface area (Å²) in [5.74, 6) is -0.340. The van der Waals surface area contributed by atoms with Crippen molar-refractivity contribution in [2.75, 3.05) is 0 Å². The van der Waals surface area contributed by atoms with E-state index in [0.717, 1.165) is 12.8 Å². The van der Waals surface area contributed by atoms with Crippen LogP contribution in [0.3, 0.4) is 0 Å². The van der Waals surface area contributed by atoms with Crippen molar-refractivity contribution in [1.29, 1.82) is 0 Å².